The Labute approximate surface area is 172 Å². The topological polar surface area (TPSA) is 105 Å². The van der Waals surface area contributed by atoms with Crippen LogP contribution in [0.1, 0.15) is 33.2 Å². The lowest BCUT2D eigenvalue weighted by Crippen LogP contribution is -2.11. The molecule has 0 aliphatic heterocycles. The minimum Gasteiger partial charge on any atom is -0.488 e. The van der Waals surface area contributed by atoms with E-state index in [-0.39, 0.29) is 13.2 Å². The molecule has 9 heteroatoms. The summed E-state index contributed by atoms with van der Waals surface area (Å²) < 4.78 is 18.0. The molecule has 0 N–H and O–H groups in total. The van der Waals surface area contributed by atoms with Gasteiger partial charge < -0.3 is 14.0 Å². The van der Waals surface area contributed by atoms with Gasteiger partial charge in [0.25, 0.3) is 0 Å². The van der Waals surface area contributed by atoms with Gasteiger partial charge in [-0.15, -0.1) is 5.10 Å². The fourth-order valence-corrected chi connectivity index (χ4v) is 2.89. The van der Waals surface area contributed by atoms with Crippen LogP contribution in [0, 0.1) is 13.8 Å². The van der Waals surface area contributed by atoms with E-state index < -0.39 is 5.97 Å². The molecule has 2 aromatic carbocycles. The monoisotopic (exact) mass is 405 g/mol. The Hall–Kier alpha value is -4.01. The number of rotatable bonds is 7. The first-order chi connectivity index (χ1) is 14.6. The average Bonchev–Trinajstić information content (AvgIpc) is 3.38. The molecular formula is C21H19N5O4. The first-order valence-electron chi connectivity index (χ1n) is 9.27. The lowest BCUT2D eigenvalue weighted by atomic mass is 10.2. The van der Waals surface area contributed by atoms with E-state index in [1.165, 1.54) is 4.68 Å². The summed E-state index contributed by atoms with van der Waals surface area (Å²) >= 11 is 0. The van der Waals surface area contributed by atoms with Gasteiger partial charge in [0.1, 0.15) is 23.7 Å². The number of aromatic nitrogens is 5. The molecule has 0 aliphatic rings. The maximum Gasteiger partial charge on any atom is 0.342 e. The van der Waals surface area contributed by atoms with Crippen molar-refractivity contribution in [1.82, 2.24) is 25.4 Å². The van der Waals surface area contributed by atoms with Gasteiger partial charge in [-0.25, -0.2) is 4.79 Å². The van der Waals surface area contributed by atoms with E-state index in [9.17, 15) is 4.79 Å². The third kappa shape index (κ3) is 4.04. The molecule has 4 aromatic rings. The number of carbonyl (C=O) groups is 1. The maximum atomic E-state index is 12.7. The van der Waals surface area contributed by atoms with Gasteiger partial charge in [0.2, 0.25) is 0 Å². The number of aryl methyl sites for hydroxylation is 2. The van der Waals surface area contributed by atoms with Gasteiger partial charge in [0.05, 0.1) is 16.9 Å². The highest BCUT2D eigenvalue weighted by Crippen LogP contribution is 2.22. The van der Waals surface area contributed by atoms with Crippen LogP contribution in [0.3, 0.4) is 0 Å². The fourth-order valence-electron chi connectivity index (χ4n) is 2.89. The number of benzene rings is 2. The predicted molar refractivity (Wildman–Crippen MR) is 105 cm³/mol. The first kappa shape index (κ1) is 19.3. The van der Waals surface area contributed by atoms with Crippen molar-refractivity contribution >= 4 is 5.97 Å². The molecule has 0 amide bonds. The minimum absolute atomic E-state index is 0.0844. The summed E-state index contributed by atoms with van der Waals surface area (Å²) in [5, 5.41) is 15.5. The summed E-state index contributed by atoms with van der Waals surface area (Å²) in [6.07, 6.45) is 0. The second-order valence-electron chi connectivity index (χ2n) is 6.51. The number of carbonyl (C=O) groups excluding carboxylic acids is 1. The Kier molecular flexibility index (Phi) is 5.51. The van der Waals surface area contributed by atoms with Crippen molar-refractivity contribution in [3.8, 4) is 11.4 Å². The van der Waals surface area contributed by atoms with E-state index in [4.69, 9.17) is 14.0 Å². The molecule has 2 aromatic heterocycles. The molecule has 0 saturated heterocycles. The summed E-state index contributed by atoms with van der Waals surface area (Å²) in [6, 6.07) is 16.3. The summed E-state index contributed by atoms with van der Waals surface area (Å²) in [5.41, 5.74) is 2.68. The van der Waals surface area contributed by atoms with Crippen LogP contribution in [0.5, 0.6) is 5.75 Å². The van der Waals surface area contributed by atoms with Crippen LogP contribution in [-0.4, -0.2) is 31.3 Å². The van der Waals surface area contributed by atoms with Crippen LogP contribution in [-0.2, 0) is 18.0 Å². The van der Waals surface area contributed by atoms with E-state index in [2.05, 4.69) is 20.7 Å². The van der Waals surface area contributed by atoms with Crippen molar-refractivity contribution in [3.05, 3.63) is 83.0 Å². The van der Waals surface area contributed by atoms with Crippen molar-refractivity contribution in [2.45, 2.75) is 27.1 Å². The van der Waals surface area contributed by atoms with Crippen LogP contribution >= 0.6 is 0 Å². The smallest absolute Gasteiger partial charge is 0.342 e. The number of hydrogen-bond acceptors (Lipinski definition) is 8. The molecular weight excluding hydrogens is 386 g/mol. The third-order valence-corrected chi connectivity index (χ3v) is 4.53. The van der Waals surface area contributed by atoms with Crippen molar-refractivity contribution in [2.75, 3.05) is 0 Å². The molecule has 0 spiro atoms. The number of para-hydroxylation sites is 2. The molecule has 0 atom stereocenters. The Bertz CT molecular complexity index is 1130. The molecule has 4 rings (SSSR count). The standard InChI is InChI=1S/C21H19N5O4/c1-14-18(15(2)30-23-14)12-28-19-11-7-6-10-17(19)21(27)29-13-20-22-24-25-26(20)16-8-4-3-5-9-16/h3-11H,12-13H2,1-2H3. The molecule has 0 aliphatic carbocycles. The zero-order valence-electron chi connectivity index (χ0n) is 16.5. The highest BCUT2D eigenvalue weighted by molar-refractivity contribution is 5.92. The Morgan fingerprint density at radius 1 is 1.03 bits per heavy atom. The molecule has 0 radical (unpaired) electrons. The summed E-state index contributed by atoms with van der Waals surface area (Å²) in [6.45, 7) is 3.80. The minimum atomic E-state index is -0.535. The SMILES string of the molecule is Cc1noc(C)c1COc1ccccc1C(=O)OCc1nnnn1-c1ccccc1. The van der Waals surface area contributed by atoms with E-state index in [1.807, 2.05) is 44.2 Å². The van der Waals surface area contributed by atoms with Gasteiger partial charge in [0, 0.05) is 0 Å². The van der Waals surface area contributed by atoms with Crippen LogP contribution < -0.4 is 4.74 Å². The molecule has 0 bridgehead atoms. The van der Waals surface area contributed by atoms with Crippen molar-refractivity contribution < 1.29 is 18.8 Å². The molecule has 9 nitrogen and oxygen atoms in total. The van der Waals surface area contributed by atoms with Crippen molar-refractivity contribution in [2.24, 2.45) is 0 Å². The Balaban J connectivity index is 1.46. The molecule has 0 fully saturated rings. The number of hydrogen-bond donors (Lipinski definition) is 0. The summed E-state index contributed by atoms with van der Waals surface area (Å²) in [5.74, 6) is 0.959. The number of ether oxygens (including phenoxy) is 2. The van der Waals surface area contributed by atoms with Crippen molar-refractivity contribution in [1.29, 1.82) is 0 Å². The Morgan fingerprint density at radius 3 is 2.57 bits per heavy atom. The number of nitrogens with zero attached hydrogens (tertiary/aromatic N) is 5. The highest BCUT2D eigenvalue weighted by Gasteiger charge is 2.17. The number of esters is 1. The van der Waals surface area contributed by atoms with Crippen LogP contribution in [0.25, 0.3) is 5.69 Å². The van der Waals surface area contributed by atoms with Gasteiger partial charge in [-0.2, -0.15) is 4.68 Å². The van der Waals surface area contributed by atoms with Gasteiger partial charge in [0.15, 0.2) is 12.4 Å². The van der Waals surface area contributed by atoms with Gasteiger partial charge in [-0.3, -0.25) is 0 Å². The fraction of sp³-hybridized carbons (Fsp3) is 0.190. The van der Waals surface area contributed by atoms with Gasteiger partial charge in [-0.05, 0) is 48.5 Å². The van der Waals surface area contributed by atoms with E-state index in [1.54, 1.807) is 24.3 Å². The largest absolute Gasteiger partial charge is 0.488 e. The average molecular weight is 405 g/mol. The molecule has 30 heavy (non-hydrogen) atoms. The number of tetrazole rings is 1. The zero-order valence-corrected chi connectivity index (χ0v) is 16.5. The third-order valence-electron chi connectivity index (χ3n) is 4.53. The van der Waals surface area contributed by atoms with Gasteiger partial charge >= 0.3 is 5.97 Å². The van der Waals surface area contributed by atoms with E-state index in [0.29, 0.717) is 22.9 Å². The zero-order chi connectivity index (χ0) is 20.9. The van der Waals surface area contributed by atoms with E-state index >= 15 is 0 Å². The van der Waals surface area contributed by atoms with E-state index in [0.717, 1.165) is 16.9 Å². The summed E-state index contributed by atoms with van der Waals surface area (Å²) in [7, 11) is 0. The molecule has 152 valence electrons. The maximum absolute atomic E-state index is 12.7. The predicted octanol–water partition coefficient (Wildman–Crippen LogP) is 3.20. The van der Waals surface area contributed by atoms with Crippen LogP contribution in [0.2, 0.25) is 0 Å². The molecule has 2 heterocycles. The lowest BCUT2D eigenvalue weighted by molar-refractivity contribution is 0.0454. The second kappa shape index (κ2) is 8.56. The quantitative estimate of drug-likeness (QED) is 0.432. The molecule has 0 unspecified atom stereocenters. The highest BCUT2D eigenvalue weighted by atomic mass is 16.5. The summed E-state index contributed by atoms with van der Waals surface area (Å²) in [4.78, 5) is 12.7. The van der Waals surface area contributed by atoms with Crippen LogP contribution in [0.4, 0.5) is 0 Å². The van der Waals surface area contributed by atoms with Crippen LogP contribution in [0.15, 0.2) is 59.1 Å². The molecule has 0 saturated carbocycles. The van der Waals surface area contributed by atoms with Crippen molar-refractivity contribution in [3.63, 3.8) is 0 Å². The normalized spacial score (nSPS) is 10.7. The van der Waals surface area contributed by atoms with Gasteiger partial charge in [-0.1, -0.05) is 35.5 Å². The Morgan fingerprint density at radius 2 is 1.80 bits per heavy atom. The second-order valence-corrected chi connectivity index (χ2v) is 6.51. The first-order valence-corrected chi connectivity index (χ1v) is 9.27. The lowest BCUT2D eigenvalue weighted by Gasteiger charge is -2.11.